The van der Waals surface area contributed by atoms with Gasteiger partial charge in [0.2, 0.25) is 0 Å². The number of hydrogen-bond acceptors (Lipinski definition) is 8. The molecule has 0 aliphatic heterocycles. The highest BCUT2D eigenvalue weighted by molar-refractivity contribution is 5.98. The molecule has 10 nitrogen and oxygen atoms in total. The second kappa shape index (κ2) is 11.1. The summed E-state index contributed by atoms with van der Waals surface area (Å²) in [6.45, 7) is 0.692. The van der Waals surface area contributed by atoms with Gasteiger partial charge in [-0.15, -0.1) is 0 Å². The number of rotatable bonds is 12. The van der Waals surface area contributed by atoms with Crippen LogP contribution in [0.3, 0.4) is 0 Å². The number of aliphatic carboxylic acids is 1. The molecule has 3 aromatic rings. The van der Waals surface area contributed by atoms with Gasteiger partial charge >= 0.3 is 11.9 Å². The summed E-state index contributed by atoms with van der Waals surface area (Å²) in [6, 6.07) is 16.0. The summed E-state index contributed by atoms with van der Waals surface area (Å²) >= 11 is 0. The van der Waals surface area contributed by atoms with E-state index in [1.54, 1.807) is 48.5 Å². The number of carbonyl (C=O) groups excluding carboxylic acids is 2. The van der Waals surface area contributed by atoms with E-state index < -0.39 is 11.9 Å². The second-order valence-corrected chi connectivity index (χ2v) is 7.03. The Morgan fingerprint density at radius 2 is 1.38 bits per heavy atom. The normalized spacial score (nSPS) is 10.1. The Balaban J connectivity index is 1.89. The zero-order chi connectivity index (χ0) is 24.5. The van der Waals surface area contributed by atoms with E-state index in [4.69, 9.17) is 14.6 Å². The molecule has 0 unspecified atom stereocenters. The molecule has 3 rings (SSSR count). The van der Waals surface area contributed by atoms with Crippen LogP contribution in [0.5, 0.6) is 5.75 Å². The third-order valence-corrected chi connectivity index (χ3v) is 4.66. The largest absolute Gasteiger partial charge is 0.481 e. The number of nitrogens with one attached hydrogen (secondary N) is 2. The van der Waals surface area contributed by atoms with Gasteiger partial charge in [0.15, 0.2) is 5.75 Å². The van der Waals surface area contributed by atoms with E-state index in [0.717, 1.165) is 5.56 Å². The van der Waals surface area contributed by atoms with E-state index in [2.05, 4.69) is 10.6 Å². The summed E-state index contributed by atoms with van der Waals surface area (Å²) in [6.07, 6.45) is -0.135. The Hall–Kier alpha value is -4.86. The van der Waals surface area contributed by atoms with E-state index in [1.165, 1.54) is 12.1 Å². The van der Waals surface area contributed by atoms with Gasteiger partial charge in [-0.25, -0.2) is 4.79 Å². The number of carboxylic acid groups (broad SMARTS) is 2. The molecule has 0 heterocycles. The maximum Gasteiger partial charge on any atom is 0.337 e. The van der Waals surface area contributed by atoms with Crippen LogP contribution in [0, 0.1) is 0 Å². The summed E-state index contributed by atoms with van der Waals surface area (Å²) in [4.78, 5) is 44.1. The molecule has 0 aliphatic rings. The van der Waals surface area contributed by atoms with Crippen molar-refractivity contribution in [2.24, 2.45) is 0 Å². The van der Waals surface area contributed by atoms with Gasteiger partial charge in [-0.2, -0.15) is 0 Å². The number of ether oxygens (including phenoxy) is 2. The van der Waals surface area contributed by atoms with Crippen molar-refractivity contribution in [2.45, 2.75) is 13.0 Å². The van der Waals surface area contributed by atoms with E-state index >= 15 is 0 Å². The molecule has 4 N–H and O–H groups in total. The van der Waals surface area contributed by atoms with Crippen molar-refractivity contribution in [3.8, 4) is 5.75 Å². The minimum absolute atomic E-state index is 0.0818. The van der Waals surface area contributed by atoms with Crippen LogP contribution < -0.4 is 15.4 Å². The SMILES string of the molecule is O=COCc1ccc(Nc2cc(C(=O)O)c(Nc3ccc(CC(=O)O)cc3)cc2OC=O)cc1. The lowest BCUT2D eigenvalue weighted by Crippen LogP contribution is -2.06. The number of carbonyl (C=O) groups is 4. The van der Waals surface area contributed by atoms with Crippen LogP contribution in [-0.2, 0) is 32.1 Å². The standard InChI is InChI=1S/C24H20N2O8/c27-13-33-12-16-3-7-18(8-4-16)26-21-10-19(24(31)32)20(11-22(21)34-14-28)25-17-5-1-15(2-6-17)9-23(29)30/h1-8,10-11,13-14,25-26H,9,12H2,(H,29,30)(H,31,32). The first-order valence-electron chi connectivity index (χ1n) is 9.90. The minimum atomic E-state index is -1.22. The molecule has 0 atom stereocenters. The molecule has 174 valence electrons. The highest BCUT2D eigenvalue weighted by atomic mass is 16.5. The first kappa shape index (κ1) is 23.8. The van der Waals surface area contributed by atoms with Gasteiger partial charge in [0.1, 0.15) is 6.61 Å². The highest BCUT2D eigenvalue weighted by Crippen LogP contribution is 2.35. The smallest absolute Gasteiger partial charge is 0.337 e. The van der Waals surface area contributed by atoms with E-state index in [0.29, 0.717) is 23.4 Å². The second-order valence-electron chi connectivity index (χ2n) is 7.03. The molecule has 0 spiro atoms. The number of hydrogen-bond donors (Lipinski definition) is 4. The number of benzene rings is 3. The lowest BCUT2D eigenvalue weighted by Gasteiger charge is -2.16. The van der Waals surface area contributed by atoms with Crippen molar-refractivity contribution in [2.75, 3.05) is 10.6 Å². The Morgan fingerprint density at radius 3 is 1.91 bits per heavy atom. The molecule has 0 radical (unpaired) electrons. The van der Waals surface area contributed by atoms with Crippen LogP contribution in [0.2, 0.25) is 0 Å². The minimum Gasteiger partial charge on any atom is -0.481 e. The van der Waals surface area contributed by atoms with Crippen molar-refractivity contribution in [1.82, 2.24) is 0 Å². The molecule has 0 fully saturated rings. The molecule has 0 aromatic heterocycles. The zero-order valence-electron chi connectivity index (χ0n) is 17.7. The summed E-state index contributed by atoms with van der Waals surface area (Å²) in [7, 11) is 0. The Kier molecular flexibility index (Phi) is 7.79. The third kappa shape index (κ3) is 6.33. The molecule has 10 heteroatoms. The summed E-state index contributed by atoms with van der Waals surface area (Å²) in [5.74, 6) is -2.10. The van der Waals surface area contributed by atoms with Gasteiger partial charge in [-0.05, 0) is 41.5 Å². The fourth-order valence-corrected chi connectivity index (χ4v) is 3.11. The molecular weight excluding hydrogens is 444 g/mol. The predicted octanol–water partition coefficient (Wildman–Crippen LogP) is 3.71. The van der Waals surface area contributed by atoms with Crippen LogP contribution in [0.15, 0.2) is 60.7 Å². The van der Waals surface area contributed by atoms with Gasteiger partial charge in [-0.1, -0.05) is 24.3 Å². The molecule has 0 bridgehead atoms. The van der Waals surface area contributed by atoms with Gasteiger partial charge in [0.25, 0.3) is 12.9 Å². The van der Waals surface area contributed by atoms with Crippen LogP contribution in [0.4, 0.5) is 22.7 Å². The average molecular weight is 464 g/mol. The number of aromatic carboxylic acids is 1. The monoisotopic (exact) mass is 464 g/mol. The lowest BCUT2D eigenvalue weighted by atomic mass is 10.1. The quantitative estimate of drug-likeness (QED) is 0.292. The van der Waals surface area contributed by atoms with Gasteiger partial charge in [0.05, 0.1) is 23.4 Å². The van der Waals surface area contributed by atoms with Gasteiger partial charge in [-0.3, -0.25) is 14.4 Å². The molecular formula is C24H20N2O8. The number of carboxylic acids is 2. The van der Waals surface area contributed by atoms with Crippen LogP contribution in [0.25, 0.3) is 0 Å². The molecule has 34 heavy (non-hydrogen) atoms. The zero-order valence-corrected chi connectivity index (χ0v) is 17.7. The predicted molar refractivity (Wildman–Crippen MR) is 122 cm³/mol. The van der Waals surface area contributed by atoms with Crippen molar-refractivity contribution in [3.63, 3.8) is 0 Å². The third-order valence-electron chi connectivity index (χ3n) is 4.66. The molecule has 3 aromatic carbocycles. The van der Waals surface area contributed by atoms with Crippen molar-refractivity contribution >= 4 is 47.6 Å². The summed E-state index contributed by atoms with van der Waals surface area (Å²) < 4.78 is 9.76. The molecule has 0 saturated heterocycles. The maximum absolute atomic E-state index is 11.9. The Labute approximate surface area is 193 Å². The summed E-state index contributed by atoms with van der Waals surface area (Å²) in [5.41, 5.74) is 2.75. The maximum atomic E-state index is 11.9. The van der Waals surface area contributed by atoms with Crippen LogP contribution in [0.1, 0.15) is 21.5 Å². The average Bonchev–Trinajstić information content (AvgIpc) is 2.81. The molecule has 0 amide bonds. The van der Waals surface area contributed by atoms with E-state index in [1.807, 2.05) is 0 Å². The number of anilines is 4. The lowest BCUT2D eigenvalue weighted by molar-refractivity contribution is -0.136. The fraction of sp³-hybridized carbons (Fsp3) is 0.0833. The topological polar surface area (TPSA) is 151 Å². The molecule has 0 saturated carbocycles. The summed E-state index contributed by atoms with van der Waals surface area (Å²) in [5, 5.41) is 24.6. The van der Waals surface area contributed by atoms with Crippen molar-refractivity contribution in [1.29, 1.82) is 0 Å². The highest BCUT2D eigenvalue weighted by Gasteiger charge is 2.17. The first-order valence-corrected chi connectivity index (χ1v) is 9.90. The van der Waals surface area contributed by atoms with Crippen LogP contribution in [-0.4, -0.2) is 35.1 Å². The Morgan fingerprint density at radius 1 is 0.794 bits per heavy atom. The fourth-order valence-electron chi connectivity index (χ4n) is 3.11. The van der Waals surface area contributed by atoms with Crippen molar-refractivity contribution < 1.29 is 38.9 Å². The molecule has 0 aliphatic carbocycles. The van der Waals surface area contributed by atoms with Crippen molar-refractivity contribution in [3.05, 3.63) is 77.4 Å². The Bertz CT molecular complexity index is 1190. The first-order chi connectivity index (χ1) is 16.4. The van der Waals surface area contributed by atoms with Crippen LogP contribution >= 0.6 is 0 Å². The van der Waals surface area contributed by atoms with E-state index in [-0.39, 0.29) is 42.2 Å². The van der Waals surface area contributed by atoms with E-state index in [9.17, 15) is 24.3 Å². The van der Waals surface area contributed by atoms with Gasteiger partial charge in [0, 0.05) is 17.4 Å². The van der Waals surface area contributed by atoms with Gasteiger partial charge < -0.3 is 30.3 Å².